The van der Waals surface area contributed by atoms with Gasteiger partial charge in [-0.15, -0.1) is 0 Å². The second-order valence-electron chi connectivity index (χ2n) is 14.0. The molecule has 3 aromatic carbocycles. The van der Waals surface area contributed by atoms with E-state index in [1.165, 1.54) is 41.3 Å². The third-order valence-electron chi connectivity index (χ3n) is 8.50. The molecule has 2 saturated heterocycles. The molecule has 2 bridgehead atoms. The highest BCUT2D eigenvalue weighted by Gasteiger charge is 2.54. The van der Waals surface area contributed by atoms with E-state index in [-0.39, 0.29) is 10.9 Å². The smallest absolute Gasteiger partial charge is 0.407 e. The van der Waals surface area contributed by atoms with Crippen LogP contribution in [0.4, 0.5) is 13.6 Å². The number of carbonyl (C=O) groups excluding carboxylic acids is 2. The van der Waals surface area contributed by atoms with Crippen LogP contribution >= 0.6 is 15.9 Å². The van der Waals surface area contributed by atoms with Crippen molar-refractivity contribution in [3.63, 3.8) is 0 Å². The van der Waals surface area contributed by atoms with Crippen LogP contribution in [0.3, 0.4) is 0 Å². The van der Waals surface area contributed by atoms with Gasteiger partial charge < -0.3 is 19.7 Å². The summed E-state index contributed by atoms with van der Waals surface area (Å²) < 4.78 is 74.3. The van der Waals surface area contributed by atoms with Crippen LogP contribution in [0.25, 0.3) is 10.8 Å². The zero-order valence-corrected chi connectivity index (χ0v) is 30.0. The van der Waals surface area contributed by atoms with E-state index >= 15 is 8.78 Å². The molecule has 0 radical (unpaired) electrons. The summed E-state index contributed by atoms with van der Waals surface area (Å²) in [6, 6.07) is 11.0. The molecule has 0 saturated carbocycles. The maximum atomic E-state index is 16.4. The Morgan fingerprint density at radius 3 is 2.17 bits per heavy atom. The number of benzene rings is 3. The summed E-state index contributed by atoms with van der Waals surface area (Å²) in [6.45, 7) is 9.83. The van der Waals surface area contributed by atoms with Gasteiger partial charge in [0.1, 0.15) is 11.4 Å². The van der Waals surface area contributed by atoms with Crippen molar-refractivity contribution in [2.45, 2.75) is 101 Å². The van der Waals surface area contributed by atoms with Crippen LogP contribution in [0.1, 0.15) is 65.9 Å². The molecule has 2 amide bonds. The van der Waals surface area contributed by atoms with Crippen molar-refractivity contribution in [1.29, 1.82) is 0 Å². The molecular formula is C35H42BrF2N3O6S. The molecule has 13 heteroatoms. The zero-order valence-electron chi connectivity index (χ0n) is 27.6. The van der Waals surface area contributed by atoms with E-state index in [1.54, 1.807) is 45.0 Å². The molecule has 2 aliphatic heterocycles. The number of alkyl carbamates (subject to hydrolysis) is 1. The number of sulfonamides is 1. The molecule has 0 aromatic heterocycles. The first-order valence-corrected chi connectivity index (χ1v) is 18.3. The Balaban J connectivity index is 1.42. The van der Waals surface area contributed by atoms with Gasteiger partial charge in [0, 0.05) is 28.2 Å². The number of nitrogens with zero attached hydrogens (tertiary/aromatic N) is 1. The number of carbonyl (C=O) groups is 2. The number of ether oxygens (including phenoxy) is 2. The van der Waals surface area contributed by atoms with E-state index in [4.69, 9.17) is 9.47 Å². The minimum absolute atomic E-state index is 0.251. The number of amides is 2. The average molecular weight is 751 g/mol. The molecule has 5 rings (SSSR count). The van der Waals surface area contributed by atoms with Gasteiger partial charge in [-0.05, 0) is 99.5 Å². The number of piperidine rings is 1. The lowest BCUT2D eigenvalue weighted by molar-refractivity contribution is -0.149. The number of alkyl halides is 2. The number of halogens is 3. The van der Waals surface area contributed by atoms with Crippen LogP contribution < -0.4 is 14.8 Å². The fourth-order valence-corrected chi connectivity index (χ4v) is 7.83. The summed E-state index contributed by atoms with van der Waals surface area (Å²) in [6.07, 6.45) is 1.16. The van der Waals surface area contributed by atoms with Crippen molar-refractivity contribution in [3.8, 4) is 5.75 Å². The molecule has 0 aliphatic carbocycles. The Kier molecular flexibility index (Phi) is 10.4. The van der Waals surface area contributed by atoms with E-state index in [2.05, 4.69) is 26.0 Å². The summed E-state index contributed by atoms with van der Waals surface area (Å²) in [5.74, 6) is -3.97. The van der Waals surface area contributed by atoms with Crippen LogP contribution in [0.2, 0.25) is 0 Å². The molecule has 3 unspecified atom stereocenters. The molecule has 2 fully saturated rings. The molecule has 2 heterocycles. The van der Waals surface area contributed by atoms with Gasteiger partial charge in [-0.2, -0.15) is 13.5 Å². The van der Waals surface area contributed by atoms with E-state index < -0.39 is 57.2 Å². The number of nitrogens with one attached hydrogen (secondary N) is 2. The summed E-state index contributed by atoms with van der Waals surface area (Å²) in [5, 5.41) is 4.12. The van der Waals surface area contributed by atoms with Crippen molar-refractivity contribution in [2.75, 3.05) is 6.61 Å². The van der Waals surface area contributed by atoms with Crippen LogP contribution in [0, 0.1) is 5.92 Å². The highest BCUT2D eigenvalue weighted by molar-refractivity contribution is 9.10. The zero-order chi connectivity index (χ0) is 35.0. The molecule has 48 heavy (non-hydrogen) atoms. The Hall–Kier alpha value is -3.29. The van der Waals surface area contributed by atoms with Crippen molar-refractivity contribution >= 4 is 48.7 Å². The van der Waals surface area contributed by atoms with Gasteiger partial charge in [0.25, 0.3) is 5.92 Å². The normalized spacial score (nSPS) is 20.5. The first-order chi connectivity index (χ1) is 22.4. The van der Waals surface area contributed by atoms with Crippen LogP contribution in [0.5, 0.6) is 5.75 Å². The fourth-order valence-electron chi connectivity index (χ4n) is 6.34. The Morgan fingerprint density at radius 2 is 1.56 bits per heavy atom. The molecule has 260 valence electrons. The van der Waals surface area contributed by atoms with Crippen molar-refractivity contribution in [1.82, 2.24) is 14.9 Å². The average Bonchev–Trinajstić information content (AvgIpc) is 3.27. The highest BCUT2D eigenvalue weighted by Crippen LogP contribution is 2.40. The van der Waals surface area contributed by atoms with E-state index in [9.17, 15) is 18.0 Å². The summed E-state index contributed by atoms with van der Waals surface area (Å²) in [5.41, 5.74) is -1.20. The largest absolute Gasteiger partial charge is 0.493 e. The Bertz CT molecular complexity index is 1750. The second-order valence-corrected chi connectivity index (χ2v) is 16.6. The molecule has 3 atom stereocenters. The standard InChI is InChI=1S/C35H42BrF2N3O6S/c1-21(2)20-46-29-14-6-23-17-30(15-7-22(23)16-29)48(44,45)40-31(35(37,38)24-8-10-25(36)11-9-24)32(42)41-27-12-13-28(41)19-26(18-27)39-33(43)47-34(3,4)5/h6-11,14-17,21,26-28,31,40H,12-13,18-20H2,1-5H3,(H,39,43). The number of hydrogen-bond donors (Lipinski definition) is 2. The monoisotopic (exact) mass is 749 g/mol. The van der Waals surface area contributed by atoms with Crippen molar-refractivity contribution in [3.05, 3.63) is 70.7 Å². The predicted molar refractivity (Wildman–Crippen MR) is 182 cm³/mol. The van der Waals surface area contributed by atoms with E-state index in [1.807, 2.05) is 13.8 Å². The molecular weight excluding hydrogens is 708 g/mol. The lowest BCUT2D eigenvalue weighted by Crippen LogP contribution is -2.61. The quantitative estimate of drug-likeness (QED) is 0.228. The maximum Gasteiger partial charge on any atom is 0.407 e. The van der Waals surface area contributed by atoms with Gasteiger partial charge in [-0.25, -0.2) is 13.2 Å². The molecule has 3 aromatic rings. The molecule has 2 N–H and O–H groups in total. The lowest BCUT2D eigenvalue weighted by Gasteiger charge is -2.42. The number of hydrogen-bond acceptors (Lipinski definition) is 6. The summed E-state index contributed by atoms with van der Waals surface area (Å²) >= 11 is 3.24. The number of rotatable bonds is 10. The third-order valence-corrected chi connectivity index (χ3v) is 10.4. The van der Waals surface area contributed by atoms with Crippen LogP contribution in [-0.4, -0.2) is 61.7 Å². The van der Waals surface area contributed by atoms with Crippen molar-refractivity contribution in [2.24, 2.45) is 5.92 Å². The molecule has 2 aliphatic rings. The van der Waals surface area contributed by atoms with Gasteiger partial charge in [0.15, 0.2) is 6.04 Å². The van der Waals surface area contributed by atoms with Crippen LogP contribution in [-0.2, 0) is 25.5 Å². The SMILES string of the molecule is CC(C)COc1ccc2cc(S(=O)(=O)NC(C(=O)N3C4CCC3CC(NC(=O)OC(C)(C)C)C4)C(F)(F)c3ccc(Br)cc3)ccc2c1. The minimum atomic E-state index is -4.62. The lowest BCUT2D eigenvalue weighted by atomic mass is 9.94. The van der Waals surface area contributed by atoms with Gasteiger partial charge in [0.05, 0.1) is 11.5 Å². The van der Waals surface area contributed by atoms with Crippen molar-refractivity contribution < 1.29 is 36.3 Å². The first kappa shape index (κ1) is 36.0. The van der Waals surface area contributed by atoms with Gasteiger partial charge in [-0.3, -0.25) is 4.79 Å². The van der Waals surface area contributed by atoms with Gasteiger partial charge in [0.2, 0.25) is 15.9 Å². The highest BCUT2D eigenvalue weighted by atomic mass is 79.9. The molecule has 9 nitrogen and oxygen atoms in total. The summed E-state index contributed by atoms with van der Waals surface area (Å²) in [7, 11) is -4.62. The topological polar surface area (TPSA) is 114 Å². The van der Waals surface area contributed by atoms with E-state index in [0.717, 1.165) is 0 Å². The predicted octanol–water partition coefficient (Wildman–Crippen LogP) is 7.12. The van der Waals surface area contributed by atoms with Gasteiger partial charge >= 0.3 is 6.09 Å². The Morgan fingerprint density at radius 1 is 0.958 bits per heavy atom. The Labute approximate surface area is 288 Å². The second kappa shape index (κ2) is 13.9. The fraction of sp³-hybridized carbons (Fsp3) is 0.486. The molecule has 0 spiro atoms. The maximum absolute atomic E-state index is 16.4. The third kappa shape index (κ3) is 8.28. The van der Waals surface area contributed by atoms with E-state index in [0.29, 0.717) is 59.2 Å². The first-order valence-electron chi connectivity index (χ1n) is 16.1. The minimum Gasteiger partial charge on any atom is -0.493 e. The summed E-state index contributed by atoms with van der Waals surface area (Å²) in [4.78, 5) is 27.8. The van der Waals surface area contributed by atoms with Gasteiger partial charge in [-0.1, -0.05) is 54.0 Å². The number of fused-ring (bicyclic) bond motifs is 3. The van der Waals surface area contributed by atoms with Crippen LogP contribution in [0.15, 0.2) is 70.0 Å².